The van der Waals surface area contributed by atoms with Crippen molar-refractivity contribution in [3.05, 3.63) is 131 Å². The first-order chi connectivity index (χ1) is 41.3. The molecule has 3 aromatic heterocycles. The second-order valence-corrected chi connectivity index (χ2v) is 23.1. The predicted molar refractivity (Wildman–Crippen MR) is 313 cm³/mol. The van der Waals surface area contributed by atoms with Crippen molar-refractivity contribution in [3.8, 4) is 51.3 Å². The van der Waals surface area contributed by atoms with E-state index in [1.165, 1.54) is 28.8 Å². The summed E-state index contributed by atoms with van der Waals surface area (Å²) in [6, 6.07) is 22.0. The van der Waals surface area contributed by atoms with E-state index in [0.717, 1.165) is 36.3 Å². The van der Waals surface area contributed by atoms with E-state index >= 15 is 17.6 Å². The maximum atomic E-state index is 16.0. The van der Waals surface area contributed by atoms with Gasteiger partial charge in [0.05, 0.1) is 46.9 Å². The van der Waals surface area contributed by atoms with E-state index in [-0.39, 0.29) is 93.0 Å². The van der Waals surface area contributed by atoms with Crippen LogP contribution in [-0.2, 0) is 27.1 Å². The Hall–Kier alpha value is -8.47. The van der Waals surface area contributed by atoms with Gasteiger partial charge in [-0.05, 0) is 72.9 Å². The number of fused-ring (bicyclic) bond motifs is 4. The van der Waals surface area contributed by atoms with Crippen molar-refractivity contribution < 1.29 is 56.0 Å². The van der Waals surface area contributed by atoms with Gasteiger partial charge in [0.2, 0.25) is 11.8 Å². The van der Waals surface area contributed by atoms with Gasteiger partial charge in [0.15, 0.2) is 5.75 Å². The summed E-state index contributed by atoms with van der Waals surface area (Å²) in [4.78, 5) is 45.3. The molecule has 2 amide bonds. The predicted octanol–water partition coefficient (Wildman–Crippen LogP) is 9.88. The summed E-state index contributed by atoms with van der Waals surface area (Å²) >= 11 is 0.785. The van der Waals surface area contributed by atoms with Gasteiger partial charge in [-0.15, -0.1) is 16.4 Å². The number of benzene rings is 5. The van der Waals surface area contributed by atoms with Crippen LogP contribution in [0.1, 0.15) is 74.4 Å². The molecule has 0 saturated carbocycles. The fourth-order valence-electron chi connectivity index (χ4n) is 11.7. The zero-order chi connectivity index (χ0) is 60.7. The third-order valence-electron chi connectivity index (χ3n) is 16.0. The van der Waals surface area contributed by atoms with Gasteiger partial charge in [-0.1, -0.05) is 91.9 Å². The number of aliphatic hydroxyl groups excluding tert-OH is 2. The number of rotatable bonds is 19. The lowest BCUT2D eigenvalue weighted by Gasteiger charge is -2.34. The summed E-state index contributed by atoms with van der Waals surface area (Å²) in [5.74, 6) is -2.80. The second kappa shape index (κ2) is 24.5. The fourth-order valence-corrected chi connectivity index (χ4v) is 12.7. The van der Waals surface area contributed by atoms with E-state index in [0.29, 0.717) is 46.6 Å². The van der Waals surface area contributed by atoms with Crippen molar-refractivity contribution in [1.29, 1.82) is 5.26 Å². The minimum atomic E-state index is -5.05. The van der Waals surface area contributed by atoms with E-state index < -0.39 is 83.6 Å². The molecule has 5 aromatic carbocycles. The van der Waals surface area contributed by atoms with Crippen molar-refractivity contribution in [3.63, 3.8) is 0 Å². The molecular formula is C62H60F5N11O7S. The smallest absolute Gasteiger partial charge is 0.417 e. The number of aliphatic imine (C=N–C) groups is 1. The number of aromatic nitrogens is 5. The number of hydrogen-bond acceptors (Lipinski definition) is 16. The van der Waals surface area contributed by atoms with E-state index in [1.807, 2.05) is 11.0 Å². The third-order valence-corrected chi connectivity index (χ3v) is 17.2. The topological polar surface area (TPSA) is 225 Å². The number of ether oxygens (including phenoxy) is 3. The number of hydrogen-bond donors (Lipinski definition) is 4. The molecule has 3 aliphatic heterocycles. The van der Waals surface area contributed by atoms with Gasteiger partial charge in [-0.2, -0.15) is 28.4 Å². The average Bonchev–Trinajstić information content (AvgIpc) is 1.44. The summed E-state index contributed by atoms with van der Waals surface area (Å²) in [6.45, 7) is 8.84. The Kier molecular flexibility index (Phi) is 16.9. The molecule has 0 spiro atoms. The summed E-state index contributed by atoms with van der Waals surface area (Å²) in [7, 11) is 1.51. The van der Waals surface area contributed by atoms with Gasteiger partial charge < -0.3 is 44.9 Å². The first kappa shape index (κ1) is 59.3. The Balaban J connectivity index is 0.900. The lowest BCUT2D eigenvalue weighted by Crippen LogP contribution is -2.51. The van der Waals surface area contributed by atoms with Gasteiger partial charge in [0, 0.05) is 72.7 Å². The highest BCUT2D eigenvalue weighted by atomic mass is 32.1. The molecule has 3 fully saturated rings. The Morgan fingerprint density at radius 3 is 2.33 bits per heavy atom. The van der Waals surface area contributed by atoms with Crippen LogP contribution in [0.4, 0.5) is 32.8 Å². The molecule has 4 N–H and O–H groups in total. The van der Waals surface area contributed by atoms with E-state index in [9.17, 15) is 29.5 Å². The molecule has 8 aromatic rings. The molecule has 2 unspecified atom stereocenters. The molecule has 2 bridgehead atoms. The highest BCUT2D eigenvalue weighted by molar-refractivity contribution is 7.23. The third kappa shape index (κ3) is 11.7. The van der Waals surface area contributed by atoms with Gasteiger partial charge in [0.1, 0.15) is 65.0 Å². The number of nitrogens with zero attached hydrogens (tertiary/aromatic N) is 9. The van der Waals surface area contributed by atoms with Gasteiger partial charge in [0.25, 0.3) is 0 Å². The van der Waals surface area contributed by atoms with Gasteiger partial charge in [-0.3, -0.25) is 14.6 Å². The monoisotopic (exact) mass is 1200 g/mol. The Morgan fingerprint density at radius 2 is 1.66 bits per heavy atom. The van der Waals surface area contributed by atoms with Crippen LogP contribution in [0.3, 0.4) is 0 Å². The van der Waals surface area contributed by atoms with Crippen LogP contribution in [0, 0.1) is 28.9 Å². The van der Waals surface area contributed by atoms with Crippen LogP contribution in [-0.4, -0.2) is 129 Å². The van der Waals surface area contributed by atoms with Gasteiger partial charge >= 0.3 is 12.2 Å². The minimum Gasteiger partial charge on any atom is -0.486 e. The van der Waals surface area contributed by atoms with Crippen molar-refractivity contribution >= 4 is 61.7 Å². The number of piperazine rings is 1. The number of amides is 2. The molecule has 3 saturated heterocycles. The number of alkyl halides is 3. The number of halogens is 5. The normalized spacial score (nSPS) is 18.8. The largest absolute Gasteiger partial charge is 0.486 e. The van der Waals surface area contributed by atoms with Gasteiger partial charge in [-0.25, -0.2) is 13.5 Å². The molecule has 0 aliphatic carbocycles. The lowest BCUT2D eigenvalue weighted by molar-refractivity contribution is -0.142. The highest BCUT2D eigenvalue weighted by Crippen LogP contribution is 2.52. The number of β-amino-alcohol motifs (C(OH)–C–C–N with tert-alkyl or cyclic N) is 1. The van der Waals surface area contributed by atoms with E-state index in [4.69, 9.17) is 24.2 Å². The number of aliphatic hydroxyl groups is 2. The van der Waals surface area contributed by atoms with Crippen molar-refractivity contribution in [1.82, 2.24) is 40.5 Å². The maximum Gasteiger partial charge on any atom is 0.417 e. The quantitative estimate of drug-likeness (QED) is 0.0437. The number of carbonyl (C=O) groups is 2. The molecule has 11 rings (SSSR count). The van der Waals surface area contributed by atoms with Crippen LogP contribution in [0.25, 0.3) is 54.5 Å². The Bertz CT molecular complexity index is 3900. The van der Waals surface area contributed by atoms with Crippen LogP contribution in [0.15, 0.2) is 102 Å². The molecule has 3 aliphatic rings. The molecule has 6 heterocycles. The first-order valence-corrected chi connectivity index (χ1v) is 28.8. The standard InChI is InChI=1S/C62H60F5N11O7S/c1-32(2)54(60(82)77-27-40(80)22-50(77)58(81)71-49(29-79)37-16-14-35(15-17-37)41-8-6-7-9-46(41)63)78-28-48(74-75-78)36-12-10-34(11-13-36)31-84-55-52(42-20-21-47(64)56-51(42)44(24-68)59(69-4)86-56)45(62(65,66)67)23-43-53(55)72-61(85-30-33(3)83-5)73-57(43)76-25-38-18-19-39(26-76)70-38/h6-17,20-21,23,28,32-33,38-40,49-50,54,70,79-80H,4,18-19,22,25-27,29-31H2,1-3,5H3,(H,71,81)/t33-,38?,39?,40+,49-,50-,54-/m0/s1. The number of likely N-dealkylation sites (tertiary alicyclic amines) is 1. The number of nitrogens with one attached hydrogen (secondary N) is 2. The number of nitriles is 1. The van der Waals surface area contributed by atoms with E-state index in [1.54, 1.807) is 93.7 Å². The average molecular weight is 1200 g/mol. The molecule has 86 heavy (non-hydrogen) atoms. The van der Waals surface area contributed by atoms with Crippen LogP contribution >= 0.6 is 11.3 Å². The number of anilines is 1. The number of thiophene rings is 1. The molecule has 0 radical (unpaired) electrons. The minimum absolute atomic E-state index is 0.00347. The van der Waals surface area contributed by atoms with Crippen LogP contribution in [0.2, 0.25) is 0 Å². The Morgan fingerprint density at radius 1 is 0.942 bits per heavy atom. The summed E-state index contributed by atoms with van der Waals surface area (Å²) in [6.07, 6.45) is -3.25. The maximum absolute atomic E-state index is 16.0. The first-order valence-electron chi connectivity index (χ1n) is 28.0. The molecule has 446 valence electrons. The summed E-state index contributed by atoms with van der Waals surface area (Å²) in [5.41, 5.74) is 0.914. The molecular weight excluding hydrogens is 1140 g/mol. The molecule has 18 nitrogen and oxygen atoms in total. The zero-order valence-corrected chi connectivity index (χ0v) is 48.0. The summed E-state index contributed by atoms with van der Waals surface area (Å²) < 4.78 is 97.8. The highest BCUT2D eigenvalue weighted by Gasteiger charge is 2.44. The van der Waals surface area contributed by atoms with Crippen LogP contribution < -0.4 is 25.0 Å². The fraction of sp³-hybridized carbons (Fsp3) is 0.355. The van der Waals surface area contributed by atoms with Crippen molar-refractivity contribution in [2.24, 2.45) is 10.9 Å². The lowest BCUT2D eigenvalue weighted by atomic mass is 9.92. The SMILES string of the molecule is C=Nc1sc2c(F)ccc(-c3c(C(F)(F)F)cc4c(N5CC6CCC(C5)N6)nc(OC[C@H](C)OC)nc4c3OCc3ccc(-c4cn([C@H](C(=O)N5C[C@H](O)C[C@H]5C(=O)N[C@@H](CO)c5ccc(-c6ccccc6F)cc5)C(C)C)nn4)cc3)c2c1C#N. The van der Waals surface area contributed by atoms with Crippen molar-refractivity contribution in [2.45, 2.75) is 95.2 Å². The molecule has 24 heteroatoms. The van der Waals surface area contributed by atoms with E-state index in [2.05, 4.69) is 32.7 Å². The number of carbonyl (C=O) groups excluding carboxylic acids is 2. The number of methoxy groups -OCH3 is 1. The van der Waals surface area contributed by atoms with Crippen molar-refractivity contribution in [2.75, 3.05) is 44.9 Å². The molecule has 7 atom stereocenters. The zero-order valence-electron chi connectivity index (χ0n) is 47.2. The second-order valence-electron chi connectivity index (χ2n) is 22.1. The van der Waals surface area contributed by atoms with Crippen LogP contribution in [0.5, 0.6) is 11.8 Å². The summed E-state index contributed by atoms with van der Waals surface area (Å²) in [5, 5.41) is 46.8. The Labute approximate surface area is 494 Å².